The van der Waals surface area contributed by atoms with Gasteiger partial charge in [0.25, 0.3) is 0 Å². The van der Waals surface area contributed by atoms with E-state index in [0.29, 0.717) is 17.7 Å². The normalized spacial score (nSPS) is 8.42. The first kappa shape index (κ1) is 8.83. The molecule has 0 saturated carbocycles. The molecule has 60 valence electrons. The first-order valence-corrected chi connectivity index (χ1v) is 3.88. The Labute approximate surface area is 76.4 Å². The number of rotatable bonds is 1. The van der Waals surface area contributed by atoms with E-state index in [1.54, 1.807) is 6.07 Å². The third kappa shape index (κ3) is 2.41. The van der Waals surface area contributed by atoms with Crippen molar-refractivity contribution in [2.24, 2.45) is 0 Å². The van der Waals surface area contributed by atoms with Crippen molar-refractivity contribution >= 4 is 17.9 Å². The average Bonchev–Trinajstić information content (AvgIpc) is 2.09. The van der Waals surface area contributed by atoms with E-state index < -0.39 is 0 Å². The van der Waals surface area contributed by atoms with E-state index in [1.165, 1.54) is 0 Å². The van der Waals surface area contributed by atoms with E-state index in [-0.39, 0.29) is 0 Å². The van der Waals surface area contributed by atoms with Gasteiger partial charge in [-0.15, -0.1) is 0 Å². The summed E-state index contributed by atoms with van der Waals surface area (Å²) in [7, 11) is 0. The van der Waals surface area contributed by atoms with E-state index in [1.807, 2.05) is 18.2 Å². The summed E-state index contributed by atoms with van der Waals surface area (Å²) in [6.07, 6.45) is 1.11. The first-order chi connectivity index (χ1) is 5.84. The van der Waals surface area contributed by atoms with Gasteiger partial charge < -0.3 is 0 Å². The van der Waals surface area contributed by atoms with Crippen LogP contribution in [0.2, 0.25) is 5.02 Å². The molecule has 12 heavy (non-hydrogen) atoms. The van der Waals surface area contributed by atoms with Crippen molar-refractivity contribution in [2.75, 3.05) is 0 Å². The molecular weight excluding hydrogens is 172 g/mol. The average molecular weight is 179 g/mol. The number of hydrogen-bond donors (Lipinski definition) is 0. The summed E-state index contributed by atoms with van der Waals surface area (Å²) in [6, 6.07) is 7.45. The number of carbonyl (C=O) groups excluding carboxylic acids is 1. The van der Waals surface area contributed by atoms with Gasteiger partial charge in [0.05, 0.1) is 0 Å². The van der Waals surface area contributed by atoms with Crippen LogP contribution in [-0.2, 0) is 11.2 Å². The maximum atomic E-state index is 9.87. The minimum Gasteiger partial charge on any atom is -0.289 e. The van der Waals surface area contributed by atoms with Gasteiger partial charge in [0.2, 0.25) is 0 Å². The minimum absolute atomic E-state index is 0.526. The van der Waals surface area contributed by atoms with Crippen LogP contribution in [0, 0.1) is 11.8 Å². The molecule has 0 bridgehead atoms. The van der Waals surface area contributed by atoms with E-state index in [2.05, 4.69) is 11.8 Å². The Morgan fingerprint density at radius 3 is 2.83 bits per heavy atom. The van der Waals surface area contributed by atoms with Gasteiger partial charge in [0.1, 0.15) is 0 Å². The summed E-state index contributed by atoms with van der Waals surface area (Å²) in [5.41, 5.74) is 0.952. The van der Waals surface area contributed by atoms with Crippen molar-refractivity contribution in [1.82, 2.24) is 0 Å². The van der Waals surface area contributed by atoms with E-state index in [0.717, 1.165) is 5.56 Å². The van der Waals surface area contributed by atoms with Gasteiger partial charge in [-0.1, -0.05) is 35.7 Å². The minimum atomic E-state index is 0.526. The molecule has 0 amide bonds. The molecule has 0 unspecified atom stereocenters. The fourth-order valence-corrected chi connectivity index (χ4v) is 1.03. The maximum absolute atomic E-state index is 9.87. The summed E-state index contributed by atoms with van der Waals surface area (Å²) in [5.74, 6) is 5.02. The smallest absolute Gasteiger partial charge is 0.192 e. The van der Waals surface area contributed by atoms with Crippen molar-refractivity contribution < 1.29 is 4.79 Å². The van der Waals surface area contributed by atoms with Gasteiger partial charge in [-0.05, 0) is 17.6 Å². The van der Waals surface area contributed by atoms with Gasteiger partial charge in [-0.3, -0.25) is 4.79 Å². The topological polar surface area (TPSA) is 17.1 Å². The third-order valence-corrected chi connectivity index (χ3v) is 1.77. The van der Waals surface area contributed by atoms with Crippen LogP contribution in [0.5, 0.6) is 0 Å². The highest BCUT2D eigenvalue weighted by Gasteiger charge is 1.94. The molecule has 1 aromatic rings. The zero-order valence-electron chi connectivity index (χ0n) is 6.38. The van der Waals surface area contributed by atoms with Crippen LogP contribution in [-0.4, -0.2) is 6.29 Å². The predicted octanol–water partition coefficient (Wildman–Crippen LogP) is 2.08. The Hall–Kier alpha value is -1.26. The molecule has 0 aliphatic heterocycles. The Morgan fingerprint density at radius 1 is 1.42 bits per heavy atom. The maximum Gasteiger partial charge on any atom is 0.192 e. The van der Waals surface area contributed by atoms with Crippen LogP contribution in [0.3, 0.4) is 0 Å². The molecule has 1 nitrogen and oxygen atoms in total. The first-order valence-electron chi connectivity index (χ1n) is 3.50. The lowest BCUT2D eigenvalue weighted by molar-refractivity contribution is -0.103. The number of aldehydes is 1. The number of benzene rings is 1. The monoisotopic (exact) mass is 178 g/mol. The van der Waals surface area contributed by atoms with Crippen molar-refractivity contribution in [3.8, 4) is 11.8 Å². The third-order valence-electron chi connectivity index (χ3n) is 1.40. The standard InChI is InChI=1S/C10H7ClO/c11-10-7-2-1-5-9(10)6-3-4-8-12/h1-2,5,7-8H,6H2. The van der Waals surface area contributed by atoms with E-state index >= 15 is 0 Å². The summed E-state index contributed by atoms with van der Waals surface area (Å²) in [6.45, 7) is 0. The lowest BCUT2D eigenvalue weighted by Gasteiger charge is -1.96. The van der Waals surface area contributed by atoms with Gasteiger partial charge in [-0.2, -0.15) is 0 Å². The highest BCUT2D eigenvalue weighted by molar-refractivity contribution is 6.31. The number of hydrogen-bond acceptors (Lipinski definition) is 1. The Balaban J connectivity index is 2.75. The largest absolute Gasteiger partial charge is 0.289 e. The van der Waals surface area contributed by atoms with Crippen LogP contribution >= 0.6 is 11.6 Å². The molecule has 0 atom stereocenters. The Morgan fingerprint density at radius 2 is 2.17 bits per heavy atom. The molecule has 0 radical (unpaired) electrons. The summed E-state index contributed by atoms with van der Waals surface area (Å²) in [4.78, 5) is 9.87. The van der Waals surface area contributed by atoms with Gasteiger partial charge in [0, 0.05) is 11.4 Å². The van der Waals surface area contributed by atoms with Crippen molar-refractivity contribution in [1.29, 1.82) is 0 Å². The lowest BCUT2D eigenvalue weighted by Crippen LogP contribution is -1.81. The molecule has 0 saturated heterocycles. The second kappa shape index (κ2) is 4.58. The second-order valence-electron chi connectivity index (χ2n) is 2.21. The fourth-order valence-electron chi connectivity index (χ4n) is 0.830. The lowest BCUT2D eigenvalue weighted by atomic mass is 10.1. The number of halogens is 1. The quantitative estimate of drug-likeness (QED) is 0.476. The van der Waals surface area contributed by atoms with Gasteiger partial charge in [-0.25, -0.2) is 0 Å². The van der Waals surface area contributed by atoms with E-state index in [9.17, 15) is 4.79 Å². The van der Waals surface area contributed by atoms with Crippen LogP contribution in [0.1, 0.15) is 5.56 Å². The Bertz CT molecular complexity index is 333. The number of carbonyl (C=O) groups is 1. The summed E-state index contributed by atoms with van der Waals surface area (Å²) in [5, 5.41) is 0.692. The molecule has 2 heteroatoms. The molecule has 0 spiro atoms. The molecule has 1 aromatic carbocycles. The second-order valence-corrected chi connectivity index (χ2v) is 2.61. The van der Waals surface area contributed by atoms with Gasteiger partial charge >= 0.3 is 0 Å². The fraction of sp³-hybridized carbons (Fsp3) is 0.100. The zero-order valence-corrected chi connectivity index (χ0v) is 7.14. The molecule has 1 rings (SSSR count). The van der Waals surface area contributed by atoms with Crippen LogP contribution < -0.4 is 0 Å². The van der Waals surface area contributed by atoms with E-state index in [4.69, 9.17) is 11.6 Å². The summed E-state index contributed by atoms with van der Waals surface area (Å²) < 4.78 is 0. The van der Waals surface area contributed by atoms with Crippen LogP contribution in [0.4, 0.5) is 0 Å². The molecule has 0 fully saturated rings. The molecule has 0 aliphatic carbocycles. The van der Waals surface area contributed by atoms with Crippen molar-refractivity contribution in [3.05, 3.63) is 34.9 Å². The highest BCUT2D eigenvalue weighted by Crippen LogP contribution is 2.14. The van der Waals surface area contributed by atoms with Crippen molar-refractivity contribution in [2.45, 2.75) is 6.42 Å². The molecule has 0 N–H and O–H groups in total. The molecule has 0 heterocycles. The zero-order chi connectivity index (χ0) is 8.81. The molecule has 0 aliphatic rings. The molecular formula is C10H7ClO. The Kier molecular flexibility index (Phi) is 3.37. The molecule has 0 aromatic heterocycles. The highest BCUT2D eigenvalue weighted by atomic mass is 35.5. The van der Waals surface area contributed by atoms with Gasteiger partial charge in [0.15, 0.2) is 6.29 Å². The SMILES string of the molecule is O=CC#CCc1ccccc1Cl. The van der Waals surface area contributed by atoms with Crippen LogP contribution in [0.15, 0.2) is 24.3 Å². The predicted molar refractivity (Wildman–Crippen MR) is 49.0 cm³/mol. The summed E-state index contributed by atoms with van der Waals surface area (Å²) >= 11 is 5.85. The van der Waals surface area contributed by atoms with Crippen molar-refractivity contribution in [3.63, 3.8) is 0 Å². The van der Waals surface area contributed by atoms with Crippen LogP contribution in [0.25, 0.3) is 0 Å².